The molecule has 1 heterocycles. The lowest BCUT2D eigenvalue weighted by Gasteiger charge is -2.22. The lowest BCUT2D eigenvalue weighted by atomic mass is 10.1. The molecule has 25 heavy (non-hydrogen) atoms. The van der Waals surface area contributed by atoms with Gasteiger partial charge in [0.1, 0.15) is 0 Å². The number of benzene rings is 1. The standard InChI is InChI=1S/C18H21F3N4/c1-13-5-4-6-16(24-13)11-23-17(22-2)25(3)12-14-7-9-15(10-8-14)18(19,20)21/h4-10H,11-12H2,1-3H3,(H,22,23). The van der Waals surface area contributed by atoms with Gasteiger partial charge in [0.15, 0.2) is 5.96 Å². The van der Waals surface area contributed by atoms with Gasteiger partial charge in [-0.1, -0.05) is 18.2 Å². The van der Waals surface area contributed by atoms with Crippen LogP contribution in [0, 0.1) is 6.92 Å². The molecule has 0 radical (unpaired) electrons. The van der Waals surface area contributed by atoms with Gasteiger partial charge in [0, 0.05) is 26.3 Å². The number of aromatic nitrogens is 1. The number of nitrogens with one attached hydrogen (secondary N) is 1. The summed E-state index contributed by atoms with van der Waals surface area (Å²) in [6.07, 6.45) is -4.32. The van der Waals surface area contributed by atoms with Crippen molar-refractivity contribution in [1.29, 1.82) is 0 Å². The molecule has 1 aromatic heterocycles. The minimum Gasteiger partial charge on any atom is -0.351 e. The second kappa shape index (κ2) is 8.00. The number of aryl methyl sites for hydroxylation is 1. The molecule has 0 aliphatic carbocycles. The van der Waals surface area contributed by atoms with Crippen molar-refractivity contribution in [3.8, 4) is 0 Å². The zero-order valence-electron chi connectivity index (χ0n) is 14.4. The van der Waals surface area contributed by atoms with E-state index in [1.807, 2.05) is 37.1 Å². The van der Waals surface area contributed by atoms with E-state index in [2.05, 4.69) is 15.3 Å². The fraction of sp³-hybridized carbons (Fsp3) is 0.333. The van der Waals surface area contributed by atoms with E-state index < -0.39 is 11.7 Å². The number of aliphatic imine (C=N–C) groups is 1. The summed E-state index contributed by atoms with van der Waals surface area (Å²) in [5.74, 6) is 0.642. The predicted octanol–water partition coefficient (Wildman–Crippen LogP) is 3.62. The Morgan fingerprint density at radius 2 is 1.84 bits per heavy atom. The second-order valence-corrected chi connectivity index (χ2v) is 5.72. The molecule has 0 saturated heterocycles. The quantitative estimate of drug-likeness (QED) is 0.676. The van der Waals surface area contributed by atoms with Gasteiger partial charge < -0.3 is 10.2 Å². The molecule has 0 amide bonds. The van der Waals surface area contributed by atoms with Gasteiger partial charge in [-0.3, -0.25) is 9.98 Å². The van der Waals surface area contributed by atoms with Crippen LogP contribution in [-0.2, 0) is 19.3 Å². The van der Waals surface area contributed by atoms with Gasteiger partial charge in [-0.05, 0) is 36.8 Å². The van der Waals surface area contributed by atoms with Crippen LogP contribution < -0.4 is 5.32 Å². The molecule has 4 nitrogen and oxygen atoms in total. The van der Waals surface area contributed by atoms with Crippen molar-refractivity contribution in [2.75, 3.05) is 14.1 Å². The highest BCUT2D eigenvalue weighted by Gasteiger charge is 2.29. The Kier molecular flexibility index (Phi) is 6.01. The number of alkyl halides is 3. The van der Waals surface area contributed by atoms with Crippen LogP contribution in [0.4, 0.5) is 13.2 Å². The van der Waals surface area contributed by atoms with E-state index in [-0.39, 0.29) is 0 Å². The van der Waals surface area contributed by atoms with Crippen LogP contribution >= 0.6 is 0 Å². The number of guanidine groups is 1. The van der Waals surface area contributed by atoms with Gasteiger partial charge in [-0.2, -0.15) is 13.2 Å². The Balaban J connectivity index is 1.96. The summed E-state index contributed by atoms with van der Waals surface area (Å²) in [7, 11) is 3.49. The van der Waals surface area contributed by atoms with Gasteiger partial charge in [0.05, 0.1) is 17.8 Å². The first-order valence-electron chi connectivity index (χ1n) is 7.80. The summed E-state index contributed by atoms with van der Waals surface area (Å²) in [6, 6.07) is 10.9. The van der Waals surface area contributed by atoms with E-state index in [1.165, 1.54) is 12.1 Å². The smallest absolute Gasteiger partial charge is 0.351 e. The first-order chi connectivity index (χ1) is 11.8. The van der Waals surface area contributed by atoms with E-state index in [9.17, 15) is 13.2 Å². The molecule has 2 aromatic rings. The topological polar surface area (TPSA) is 40.5 Å². The molecule has 0 aliphatic rings. The van der Waals surface area contributed by atoms with Crippen molar-refractivity contribution in [1.82, 2.24) is 15.2 Å². The zero-order chi connectivity index (χ0) is 18.4. The summed E-state index contributed by atoms with van der Waals surface area (Å²) in [6.45, 7) is 2.89. The Bertz CT molecular complexity index is 724. The Morgan fingerprint density at radius 1 is 1.16 bits per heavy atom. The third-order valence-corrected chi connectivity index (χ3v) is 3.65. The number of nitrogens with zero attached hydrogens (tertiary/aromatic N) is 3. The number of hydrogen-bond acceptors (Lipinski definition) is 2. The Labute approximate surface area is 145 Å². The summed E-state index contributed by atoms with van der Waals surface area (Å²) in [5.41, 5.74) is 1.95. The van der Waals surface area contributed by atoms with Crippen LogP contribution in [0.15, 0.2) is 47.5 Å². The van der Waals surface area contributed by atoms with Gasteiger partial charge in [-0.15, -0.1) is 0 Å². The molecule has 2 rings (SSSR count). The first-order valence-corrected chi connectivity index (χ1v) is 7.80. The fourth-order valence-corrected chi connectivity index (χ4v) is 2.40. The molecule has 0 unspecified atom stereocenters. The van der Waals surface area contributed by atoms with Crippen molar-refractivity contribution < 1.29 is 13.2 Å². The maximum absolute atomic E-state index is 12.6. The number of pyridine rings is 1. The molecule has 1 N–H and O–H groups in total. The van der Waals surface area contributed by atoms with Crippen LogP contribution in [0.5, 0.6) is 0 Å². The highest BCUT2D eigenvalue weighted by Crippen LogP contribution is 2.29. The molecular formula is C18H21F3N4. The van der Waals surface area contributed by atoms with Crippen molar-refractivity contribution in [2.45, 2.75) is 26.2 Å². The molecule has 0 bridgehead atoms. The second-order valence-electron chi connectivity index (χ2n) is 5.72. The van der Waals surface area contributed by atoms with Crippen molar-refractivity contribution >= 4 is 5.96 Å². The van der Waals surface area contributed by atoms with E-state index in [0.717, 1.165) is 29.1 Å². The van der Waals surface area contributed by atoms with Crippen LogP contribution in [0.3, 0.4) is 0 Å². The summed E-state index contributed by atoms with van der Waals surface area (Å²) in [5, 5.41) is 3.20. The van der Waals surface area contributed by atoms with Crippen LogP contribution in [0.25, 0.3) is 0 Å². The zero-order valence-corrected chi connectivity index (χ0v) is 14.4. The molecule has 0 spiro atoms. The van der Waals surface area contributed by atoms with Crippen molar-refractivity contribution in [3.05, 3.63) is 65.0 Å². The monoisotopic (exact) mass is 350 g/mol. The first kappa shape index (κ1) is 18.8. The molecule has 0 saturated carbocycles. The molecular weight excluding hydrogens is 329 g/mol. The number of halogens is 3. The van der Waals surface area contributed by atoms with Crippen molar-refractivity contribution in [2.24, 2.45) is 4.99 Å². The summed E-state index contributed by atoms with van der Waals surface area (Å²) < 4.78 is 37.8. The minimum atomic E-state index is -4.32. The number of hydrogen-bond donors (Lipinski definition) is 1. The molecule has 7 heteroatoms. The van der Waals surface area contributed by atoms with Crippen molar-refractivity contribution in [3.63, 3.8) is 0 Å². The lowest BCUT2D eigenvalue weighted by molar-refractivity contribution is -0.137. The van der Waals surface area contributed by atoms with Gasteiger partial charge in [-0.25, -0.2) is 0 Å². The highest BCUT2D eigenvalue weighted by atomic mass is 19.4. The van der Waals surface area contributed by atoms with E-state index in [1.54, 1.807) is 7.05 Å². The average molecular weight is 350 g/mol. The van der Waals surface area contributed by atoms with E-state index in [4.69, 9.17) is 0 Å². The molecule has 0 aliphatic heterocycles. The maximum Gasteiger partial charge on any atom is 0.416 e. The maximum atomic E-state index is 12.6. The fourth-order valence-electron chi connectivity index (χ4n) is 2.40. The molecule has 134 valence electrons. The van der Waals surface area contributed by atoms with Crippen LogP contribution in [0.1, 0.15) is 22.5 Å². The number of rotatable bonds is 4. The van der Waals surface area contributed by atoms with Gasteiger partial charge in [0.2, 0.25) is 0 Å². The predicted molar refractivity (Wildman–Crippen MR) is 92.1 cm³/mol. The lowest BCUT2D eigenvalue weighted by Crippen LogP contribution is -2.38. The normalized spacial score (nSPS) is 12.2. The largest absolute Gasteiger partial charge is 0.416 e. The van der Waals surface area contributed by atoms with E-state index in [0.29, 0.717) is 19.0 Å². The summed E-state index contributed by atoms with van der Waals surface area (Å²) in [4.78, 5) is 10.5. The third-order valence-electron chi connectivity index (χ3n) is 3.65. The average Bonchev–Trinajstić information content (AvgIpc) is 2.55. The Hall–Kier alpha value is -2.57. The molecule has 0 fully saturated rings. The van der Waals surface area contributed by atoms with Crippen LogP contribution in [-0.4, -0.2) is 29.9 Å². The minimum absolute atomic E-state index is 0.444. The third kappa shape index (κ3) is 5.48. The molecule has 0 atom stereocenters. The highest BCUT2D eigenvalue weighted by molar-refractivity contribution is 5.79. The summed E-state index contributed by atoms with van der Waals surface area (Å²) >= 11 is 0. The van der Waals surface area contributed by atoms with E-state index >= 15 is 0 Å². The van der Waals surface area contributed by atoms with Crippen LogP contribution in [0.2, 0.25) is 0 Å². The van der Waals surface area contributed by atoms with Gasteiger partial charge >= 0.3 is 6.18 Å². The Morgan fingerprint density at radius 3 is 2.40 bits per heavy atom. The SMILES string of the molecule is CN=C(NCc1cccc(C)n1)N(C)Cc1ccc(C(F)(F)F)cc1. The van der Waals surface area contributed by atoms with Gasteiger partial charge in [0.25, 0.3) is 0 Å². The molecule has 1 aromatic carbocycles.